The molecule has 1 aliphatic rings. The molecule has 4 heteroatoms. The maximum atomic E-state index is 11.5. The van der Waals surface area contributed by atoms with E-state index in [1.165, 1.54) is 19.4 Å². The van der Waals surface area contributed by atoms with Crippen molar-refractivity contribution >= 4 is 5.91 Å². The summed E-state index contributed by atoms with van der Waals surface area (Å²) in [6.45, 7) is 9.22. The van der Waals surface area contributed by atoms with Gasteiger partial charge >= 0.3 is 0 Å². The highest BCUT2D eigenvalue weighted by molar-refractivity contribution is 5.80. The van der Waals surface area contributed by atoms with Crippen molar-refractivity contribution in [2.24, 2.45) is 17.1 Å². The van der Waals surface area contributed by atoms with Gasteiger partial charge in [-0.15, -0.1) is 0 Å². The van der Waals surface area contributed by atoms with Gasteiger partial charge in [0.25, 0.3) is 0 Å². The second-order valence-electron chi connectivity index (χ2n) is 6.10. The summed E-state index contributed by atoms with van der Waals surface area (Å²) >= 11 is 0. The first-order valence-electron chi connectivity index (χ1n) is 6.55. The molecule has 0 saturated carbocycles. The Hall–Kier alpha value is -0.610. The lowest BCUT2D eigenvalue weighted by Crippen LogP contribution is -2.47. The van der Waals surface area contributed by atoms with Gasteiger partial charge in [0, 0.05) is 13.1 Å². The smallest absolute Gasteiger partial charge is 0.236 e. The SMILES string of the molecule is CC(N)C(=O)NCC(C)(C)C1CCCN(C)C1. The number of hydrogen-bond acceptors (Lipinski definition) is 3. The second kappa shape index (κ2) is 5.83. The Labute approximate surface area is 105 Å². The van der Waals surface area contributed by atoms with Crippen molar-refractivity contribution in [3.05, 3.63) is 0 Å². The Kier molecular flexibility index (Phi) is 4.95. The molecule has 0 spiro atoms. The lowest BCUT2D eigenvalue weighted by molar-refractivity contribution is -0.122. The van der Waals surface area contributed by atoms with Crippen LogP contribution in [-0.2, 0) is 4.79 Å². The van der Waals surface area contributed by atoms with Crippen LogP contribution in [-0.4, -0.2) is 43.5 Å². The highest BCUT2D eigenvalue weighted by Crippen LogP contribution is 2.32. The van der Waals surface area contributed by atoms with Gasteiger partial charge in [0.2, 0.25) is 5.91 Å². The van der Waals surface area contributed by atoms with Crippen molar-refractivity contribution < 1.29 is 4.79 Å². The molecule has 0 bridgehead atoms. The molecule has 0 radical (unpaired) electrons. The van der Waals surface area contributed by atoms with Crippen LogP contribution in [0.5, 0.6) is 0 Å². The Morgan fingerprint density at radius 1 is 1.59 bits per heavy atom. The summed E-state index contributed by atoms with van der Waals surface area (Å²) in [6.07, 6.45) is 2.51. The molecule has 17 heavy (non-hydrogen) atoms. The minimum Gasteiger partial charge on any atom is -0.354 e. The van der Waals surface area contributed by atoms with Gasteiger partial charge in [-0.05, 0) is 44.7 Å². The number of carbonyl (C=O) groups excluding carboxylic acids is 1. The number of rotatable bonds is 4. The van der Waals surface area contributed by atoms with Gasteiger partial charge < -0.3 is 16.0 Å². The number of hydrogen-bond donors (Lipinski definition) is 2. The maximum Gasteiger partial charge on any atom is 0.236 e. The zero-order chi connectivity index (χ0) is 13.1. The predicted molar refractivity (Wildman–Crippen MR) is 70.7 cm³/mol. The molecule has 2 unspecified atom stereocenters. The van der Waals surface area contributed by atoms with Crippen LogP contribution in [0, 0.1) is 11.3 Å². The molecule has 1 rings (SSSR count). The average molecular weight is 241 g/mol. The number of nitrogens with two attached hydrogens (primary N) is 1. The van der Waals surface area contributed by atoms with Crippen molar-refractivity contribution in [3.63, 3.8) is 0 Å². The second-order valence-corrected chi connectivity index (χ2v) is 6.10. The van der Waals surface area contributed by atoms with Crippen LogP contribution >= 0.6 is 0 Å². The van der Waals surface area contributed by atoms with Crippen molar-refractivity contribution in [2.75, 3.05) is 26.7 Å². The van der Waals surface area contributed by atoms with E-state index in [9.17, 15) is 4.79 Å². The first-order valence-corrected chi connectivity index (χ1v) is 6.55. The van der Waals surface area contributed by atoms with Crippen LogP contribution in [0.1, 0.15) is 33.6 Å². The topological polar surface area (TPSA) is 58.4 Å². The minimum atomic E-state index is -0.417. The Morgan fingerprint density at radius 3 is 2.76 bits per heavy atom. The largest absolute Gasteiger partial charge is 0.354 e. The molecule has 3 N–H and O–H groups in total. The third-order valence-corrected chi connectivity index (χ3v) is 3.86. The fraction of sp³-hybridized carbons (Fsp3) is 0.923. The fourth-order valence-electron chi connectivity index (χ4n) is 2.42. The molecule has 1 fully saturated rings. The third-order valence-electron chi connectivity index (χ3n) is 3.86. The van der Waals surface area contributed by atoms with Crippen LogP contribution in [0.4, 0.5) is 0 Å². The first-order chi connectivity index (χ1) is 7.83. The van der Waals surface area contributed by atoms with E-state index < -0.39 is 6.04 Å². The number of nitrogens with one attached hydrogen (secondary N) is 1. The van der Waals surface area contributed by atoms with Crippen LogP contribution < -0.4 is 11.1 Å². The molecule has 0 aromatic rings. The molecule has 1 heterocycles. The lowest BCUT2D eigenvalue weighted by atomic mass is 9.74. The number of piperidine rings is 1. The van der Waals surface area contributed by atoms with Crippen molar-refractivity contribution in [1.29, 1.82) is 0 Å². The minimum absolute atomic E-state index is 0.0535. The fourth-order valence-corrected chi connectivity index (χ4v) is 2.42. The van der Waals surface area contributed by atoms with E-state index in [2.05, 4.69) is 31.1 Å². The molecule has 2 atom stereocenters. The number of carbonyl (C=O) groups is 1. The van der Waals surface area contributed by atoms with Crippen LogP contribution in [0.25, 0.3) is 0 Å². The lowest BCUT2D eigenvalue weighted by Gasteiger charge is -2.40. The third kappa shape index (κ3) is 4.28. The van der Waals surface area contributed by atoms with Crippen LogP contribution in [0.2, 0.25) is 0 Å². The quantitative estimate of drug-likeness (QED) is 0.766. The van der Waals surface area contributed by atoms with Crippen LogP contribution in [0.15, 0.2) is 0 Å². The highest BCUT2D eigenvalue weighted by Gasteiger charge is 2.32. The number of nitrogens with zero attached hydrogens (tertiary/aromatic N) is 1. The van der Waals surface area contributed by atoms with E-state index in [0.717, 1.165) is 6.54 Å². The van der Waals surface area contributed by atoms with E-state index in [-0.39, 0.29) is 11.3 Å². The molecule has 100 valence electrons. The summed E-state index contributed by atoms with van der Waals surface area (Å²) < 4.78 is 0. The van der Waals surface area contributed by atoms with Crippen molar-refractivity contribution in [1.82, 2.24) is 10.2 Å². The summed E-state index contributed by atoms with van der Waals surface area (Å²) in [6, 6.07) is -0.417. The summed E-state index contributed by atoms with van der Waals surface area (Å²) in [5.41, 5.74) is 5.68. The van der Waals surface area contributed by atoms with Gasteiger partial charge in [-0.1, -0.05) is 13.8 Å². The molecule has 0 aromatic carbocycles. The van der Waals surface area contributed by atoms with Gasteiger partial charge in [0.15, 0.2) is 0 Å². The standard InChI is InChI=1S/C13H27N3O/c1-10(14)12(17)15-9-13(2,3)11-6-5-7-16(4)8-11/h10-11H,5-9,14H2,1-4H3,(H,15,17). The molecule has 1 saturated heterocycles. The zero-order valence-corrected chi connectivity index (χ0v) is 11.6. The van der Waals surface area contributed by atoms with Gasteiger partial charge in [-0.2, -0.15) is 0 Å². The van der Waals surface area contributed by atoms with Crippen LogP contribution in [0.3, 0.4) is 0 Å². The van der Waals surface area contributed by atoms with E-state index in [4.69, 9.17) is 5.73 Å². The Morgan fingerprint density at radius 2 is 2.24 bits per heavy atom. The summed E-state index contributed by atoms with van der Waals surface area (Å²) in [4.78, 5) is 13.9. The Balaban J connectivity index is 2.46. The molecule has 1 aliphatic heterocycles. The average Bonchev–Trinajstić information content (AvgIpc) is 2.26. The summed E-state index contributed by atoms with van der Waals surface area (Å²) in [5.74, 6) is 0.594. The van der Waals surface area contributed by atoms with Crippen molar-refractivity contribution in [2.45, 2.75) is 39.7 Å². The van der Waals surface area contributed by atoms with Crippen molar-refractivity contribution in [3.8, 4) is 0 Å². The maximum absolute atomic E-state index is 11.5. The number of likely N-dealkylation sites (tertiary alicyclic amines) is 1. The monoisotopic (exact) mass is 241 g/mol. The first kappa shape index (κ1) is 14.5. The van der Waals surface area contributed by atoms with Gasteiger partial charge in [-0.3, -0.25) is 4.79 Å². The van der Waals surface area contributed by atoms with E-state index in [1.54, 1.807) is 6.92 Å². The van der Waals surface area contributed by atoms with E-state index >= 15 is 0 Å². The molecular weight excluding hydrogens is 214 g/mol. The number of amides is 1. The molecule has 0 aromatic heterocycles. The molecular formula is C13H27N3O. The molecule has 1 amide bonds. The Bertz CT molecular complexity index is 263. The van der Waals surface area contributed by atoms with Gasteiger partial charge in [0.05, 0.1) is 6.04 Å². The predicted octanol–water partition coefficient (Wildman–Crippen LogP) is 0.818. The van der Waals surface area contributed by atoms with E-state index in [1.807, 2.05) is 0 Å². The summed E-state index contributed by atoms with van der Waals surface area (Å²) in [7, 11) is 2.17. The molecule has 4 nitrogen and oxygen atoms in total. The summed E-state index contributed by atoms with van der Waals surface area (Å²) in [5, 5.41) is 2.95. The van der Waals surface area contributed by atoms with E-state index in [0.29, 0.717) is 12.5 Å². The van der Waals surface area contributed by atoms with Gasteiger partial charge in [-0.25, -0.2) is 0 Å². The zero-order valence-electron chi connectivity index (χ0n) is 11.6. The highest BCUT2D eigenvalue weighted by atomic mass is 16.2. The molecule has 0 aliphatic carbocycles. The normalized spacial score (nSPS) is 24.4. The van der Waals surface area contributed by atoms with Gasteiger partial charge in [0.1, 0.15) is 0 Å².